The molecule has 1 aromatic carbocycles. The largest absolute Gasteiger partial charge is 0.192 e. The molecule has 0 atom stereocenters. The molecule has 0 aliphatic rings. The van der Waals surface area contributed by atoms with Crippen LogP contribution in [-0.2, 0) is 12.8 Å². The SMILES string of the molecule is CCc1nnc(Sc2ccccc2Br)c(C#N)c1CC. The van der Waals surface area contributed by atoms with Crippen molar-refractivity contribution in [2.24, 2.45) is 0 Å². The van der Waals surface area contributed by atoms with Crippen LogP contribution in [-0.4, -0.2) is 10.2 Å². The Kier molecular flexibility index (Phi) is 5.16. The summed E-state index contributed by atoms with van der Waals surface area (Å²) in [6.07, 6.45) is 1.59. The predicted molar refractivity (Wildman–Crippen MR) is 83.8 cm³/mol. The van der Waals surface area contributed by atoms with E-state index < -0.39 is 0 Å². The molecule has 0 radical (unpaired) electrons. The first-order chi connectivity index (χ1) is 9.71. The van der Waals surface area contributed by atoms with E-state index in [4.69, 9.17) is 0 Å². The minimum atomic E-state index is 0.653. The second kappa shape index (κ2) is 6.87. The minimum absolute atomic E-state index is 0.653. The van der Waals surface area contributed by atoms with Crippen molar-refractivity contribution in [3.8, 4) is 6.07 Å². The topological polar surface area (TPSA) is 49.6 Å². The van der Waals surface area contributed by atoms with E-state index in [2.05, 4.69) is 32.2 Å². The second-order valence-corrected chi connectivity index (χ2v) is 6.04. The zero-order valence-corrected chi connectivity index (χ0v) is 13.8. The van der Waals surface area contributed by atoms with Crippen LogP contribution in [0.15, 0.2) is 38.7 Å². The van der Waals surface area contributed by atoms with E-state index in [0.717, 1.165) is 33.5 Å². The summed E-state index contributed by atoms with van der Waals surface area (Å²) in [5, 5.41) is 18.6. The Bertz CT molecular complexity index is 665. The zero-order chi connectivity index (χ0) is 14.5. The summed E-state index contributed by atoms with van der Waals surface area (Å²) < 4.78 is 0.994. The number of aromatic nitrogens is 2. The van der Waals surface area contributed by atoms with Crippen molar-refractivity contribution in [3.05, 3.63) is 45.6 Å². The van der Waals surface area contributed by atoms with Gasteiger partial charge < -0.3 is 0 Å². The van der Waals surface area contributed by atoms with Crippen molar-refractivity contribution in [1.82, 2.24) is 10.2 Å². The van der Waals surface area contributed by atoms with E-state index in [1.54, 1.807) is 0 Å². The molecule has 3 nitrogen and oxygen atoms in total. The summed E-state index contributed by atoms with van der Waals surface area (Å²) in [4.78, 5) is 1.03. The zero-order valence-electron chi connectivity index (χ0n) is 11.4. The summed E-state index contributed by atoms with van der Waals surface area (Å²) in [7, 11) is 0. The normalized spacial score (nSPS) is 10.3. The summed E-state index contributed by atoms with van der Waals surface area (Å²) in [6, 6.07) is 10.2. The first-order valence-corrected chi connectivity index (χ1v) is 8.03. The third-order valence-corrected chi connectivity index (χ3v) is 4.98. The van der Waals surface area contributed by atoms with Gasteiger partial charge in [-0.1, -0.05) is 37.7 Å². The molecule has 102 valence electrons. The Hall–Kier alpha value is -1.38. The lowest BCUT2D eigenvalue weighted by Gasteiger charge is -2.10. The van der Waals surface area contributed by atoms with E-state index >= 15 is 0 Å². The highest BCUT2D eigenvalue weighted by Gasteiger charge is 2.15. The van der Waals surface area contributed by atoms with Gasteiger partial charge in [-0.15, -0.1) is 5.10 Å². The molecule has 0 N–H and O–H groups in total. The molecule has 0 aliphatic heterocycles. The monoisotopic (exact) mass is 347 g/mol. The van der Waals surface area contributed by atoms with Gasteiger partial charge in [0.15, 0.2) is 0 Å². The maximum atomic E-state index is 9.45. The fourth-order valence-corrected chi connectivity index (χ4v) is 3.37. The predicted octanol–water partition coefficient (Wildman–Crippen LogP) is 4.39. The van der Waals surface area contributed by atoms with Crippen molar-refractivity contribution in [3.63, 3.8) is 0 Å². The lowest BCUT2D eigenvalue weighted by molar-refractivity contribution is 0.817. The summed E-state index contributed by atoms with van der Waals surface area (Å²) >= 11 is 4.98. The third-order valence-electron chi connectivity index (χ3n) is 2.97. The van der Waals surface area contributed by atoms with Crippen molar-refractivity contribution in [2.75, 3.05) is 0 Å². The second-order valence-electron chi connectivity index (χ2n) is 4.16. The molecular weight excluding hydrogens is 334 g/mol. The molecule has 1 heterocycles. The fraction of sp³-hybridized carbons (Fsp3) is 0.267. The molecule has 5 heteroatoms. The molecule has 0 fully saturated rings. The number of rotatable bonds is 4. The number of benzene rings is 1. The lowest BCUT2D eigenvalue weighted by Crippen LogP contribution is -2.04. The van der Waals surface area contributed by atoms with Crippen LogP contribution in [0.4, 0.5) is 0 Å². The molecule has 0 spiro atoms. The highest BCUT2D eigenvalue weighted by molar-refractivity contribution is 9.10. The first kappa shape index (κ1) is 15.0. The van der Waals surface area contributed by atoms with Gasteiger partial charge in [0.2, 0.25) is 0 Å². The van der Waals surface area contributed by atoms with Crippen LogP contribution in [0.5, 0.6) is 0 Å². The maximum Gasteiger partial charge on any atom is 0.142 e. The van der Waals surface area contributed by atoms with Gasteiger partial charge in [0.25, 0.3) is 0 Å². The van der Waals surface area contributed by atoms with Crippen LogP contribution >= 0.6 is 27.7 Å². The van der Waals surface area contributed by atoms with E-state index in [1.807, 2.05) is 38.1 Å². The van der Waals surface area contributed by atoms with Gasteiger partial charge in [-0.25, -0.2) is 0 Å². The van der Waals surface area contributed by atoms with E-state index in [9.17, 15) is 5.26 Å². The Morgan fingerprint density at radius 1 is 1.20 bits per heavy atom. The quantitative estimate of drug-likeness (QED) is 0.822. The molecule has 0 unspecified atom stereocenters. The van der Waals surface area contributed by atoms with Gasteiger partial charge in [-0.05, 0) is 46.5 Å². The third kappa shape index (κ3) is 3.02. The molecule has 20 heavy (non-hydrogen) atoms. The highest BCUT2D eigenvalue weighted by Crippen LogP contribution is 2.34. The Labute approximate surface area is 131 Å². The van der Waals surface area contributed by atoms with Crippen molar-refractivity contribution >= 4 is 27.7 Å². The van der Waals surface area contributed by atoms with Crippen LogP contribution in [0, 0.1) is 11.3 Å². The average Bonchev–Trinajstić information content (AvgIpc) is 2.48. The average molecular weight is 348 g/mol. The van der Waals surface area contributed by atoms with Crippen molar-refractivity contribution < 1.29 is 0 Å². The van der Waals surface area contributed by atoms with Crippen molar-refractivity contribution in [2.45, 2.75) is 36.6 Å². The van der Waals surface area contributed by atoms with Crippen LogP contribution in [0.2, 0.25) is 0 Å². The number of hydrogen-bond acceptors (Lipinski definition) is 4. The fourth-order valence-electron chi connectivity index (χ4n) is 1.97. The summed E-state index contributed by atoms with van der Waals surface area (Å²) in [6.45, 7) is 4.08. The number of nitriles is 1. The molecule has 0 saturated carbocycles. The van der Waals surface area contributed by atoms with Crippen molar-refractivity contribution in [1.29, 1.82) is 5.26 Å². The number of hydrogen-bond donors (Lipinski definition) is 0. The number of aryl methyl sites for hydroxylation is 1. The first-order valence-electron chi connectivity index (χ1n) is 6.42. The van der Waals surface area contributed by atoms with E-state index in [0.29, 0.717) is 10.6 Å². The Balaban J connectivity index is 2.48. The number of halogens is 1. The summed E-state index contributed by atoms with van der Waals surface area (Å²) in [5.74, 6) is 0. The molecule has 2 aromatic rings. The molecule has 1 aromatic heterocycles. The van der Waals surface area contributed by atoms with Gasteiger partial charge in [-0.3, -0.25) is 0 Å². The van der Waals surface area contributed by atoms with Crippen LogP contribution in [0.1, 0.15) is 30.7 Å². The van der Waals surface area contributed by atoms with Gasteiger partial charge in [0.05, 0.1) is 11.3 Å². The van der Waals surface area contributed by atoms with Gasteiger partial charge >= 0.3 is 0 Å². The van der Waals surface area contributed by atoms with Gasteiger partial charge in [0.1, 0.15) is 11.1 Å². The molecular formula is C15H14BrN3S. The molecule has 2 rings (SSSR count). The van der Waals surface area contributed by atoms with E-state index in [-0.39, 0.29) is 0 Å². The van der Waals surface area contributed by atoms with Crippen LogP contribution < -0.4 is 0 Å². The van der Waals surface area contributed by atoms with Gasteiger partial charge in [-0.2, -0.15) is 10.4 Å². The highest BCUT2D eigenvalue weighted by atomic mass is 79.9. The molecule has 0 aliphatic carbocycles. The standard InChI is InChI=1S/C15H14BrN3S/c1-3-10-11(9-17)15(19-18-13(10)4-2)20-14-8-6-5-7-12(14)16/h5-8H,3-4H2,1-2H3. The maximum absolute atomic E-state index is 9.45. The van der Waals surface area contributed by atoms with E-state index in [1.165, 1.54) is 11.8 Å². The Morgan fingerprint density at radius 3 is 2.55 bits per heavy atom. The summed E-state index contributed by atoms with van der Waals surface area (Å²) in [5.41, 5.74) is 2.58. The number of nitrogens with zero attached hydrogens (tertiary/aromatic N) is 3. The molecule has 0 saturated heterocycles. The van der Waals surface area contributed by atoms with Gasteiger partial charge in [0, 0.05) is 9.37 Å². The Morgan fingerprint density at radius 2 is 1.95 bits per heavy atom. The lowest BCUT2D eigenvalue weighted by atomic mass is 10.1. The minimum Gasteiger partial charge on any atom is -0.192 e. The molecule has 0 amide bonds. The molecule has 0 bridgehead atoms. The smallest absolute Gasteiger partial charge is 0.142 e. The van der Waals surface area contributed by atoms with Crippen LogP contribution in [0.25, 0.3) is 0 Å². The van der Waals surface area contributed by atoms with Crippen LogP contribution in [0.3, 0.4) is 0 Å².